The molecule has 1 aliphatic heterocycles. The van der Waals surface area contributed by atoms with Crippen LogP contribution in [0.4, 0.5) is 19.3 Å². The quantitative estimate of drug-likeness (QED) is 0.711. The second-order valence-corrected chi connectivity index (χ2v) is 6.73. The van der Waals surface area contributed by atoms with Crippen molar-refractivity contribution in [2.75, 3.05) is 11.9 Å². The van der Waals surface area contributed by atoms with Crippen LogP contribution in [0, 0.1) is 18.6 Å². The number of urea groups is 1. The van der Waals surface area contributed by atoms with Gasteiger partial charge in [0.15, 0.2) is 0 Å². The van der Waals surface area contributed by atoms with Gasteiger partial charge < -0.3 is 14.7 Å². The maximum Gasteiger partial charge on any atom is 0.322 e. The van der Waals surface area contributed by atoms with E-state index in [1.54, 1.807) is 0 Å². The van der Waals surface area contributed by atoms with Crippen molar-refractivity contribution in [2.45, 2.75) is 25.8 Å². The Morgan fingerprint density at radius 1 is 1.25 bits per heavy atom. The van der Waals surface area contributed by atoms with E-state index in [1.165, 1.54) is 11.0 Å². The van der Waals surface area contributed by atoms with Crippen LogP contribution in [0.25, 0.3) is 11.4 Å². The van der Waals surface area contributed by atoms with Crippen molar-refractivity contribution >= 4 is 11.7 Å². The summed E-state index contributed by atoms with van der Waals surface area (Å²) in [4.78, 5) is 18.6. The molecule has 0 spiro atoms. The first-order valence-electron chi connectivity index (χ1n) is 8.94. The highest BCUT2D eigenvalue weighted by Crippen LogP contribution is 2.32. The SMILES string of the molecule is Cc1cccc(-c2noc([C@H]3CCCN3C(=O)Nc3ccc(F)cc3F)n2)c1. The van der Waals surface area contributed by atoms with Crippen molar-refractivity contribution in [1.82, 2.24) is 15.0 Å². The van der Waals surface area contributed by atoms with Crippen molar-refractivity contribution in [3.8, 4) is 11.4 Å². The molecule has 1 saturated heterocycles. The van der Waals surface area contributed by atoms with E-state index >= 15 is 0 Å². The Kier molecular flexibility index (Phi) is 4.77. The Morgan fingerprint density at radius 2 is 2.11 bits per heavy atom. The number of rotatable bonds is 3. The smallest absolute Gasteiger partial charge is 0.322 e. The fourth-order valence-electron chi connectivity index (χ4n) is 3.32. The van der Waals surface area contributed by atoms with Gasteiger partial charge in [0, 0.05) is 18.2 Å². The minimum absolute atomic E-state index is 0.0805. The zero-order chi connectivity index (χ0) is 19.7. The monoisotopic (exact) mass is 384 g/mol. The fourth-order valence-corrected chi connectivity index (χ4v) is 3.32. The molecule has 2 amide bonds. The summed E-state index contributed by atoms with van der Waals surface area (Å²) >= 11 is 0. The molecule has 28 heavy (non-hydrogen) atoms. The number of carbonyl (C=O) groups is 1. The lowest BCUT2D eigenvalue weighted by Gasteiger charge is -2.22. The van der Waals surface area contributed by atoms with Gasteiger partial charge in [-0.2, -0.15) is 4.98 Å². The van der Waals surface area contributed by atoms with Gasteiger partial charge in [0.05, 0.1) is 5.69 Å². The first kappa shape index (κ1) is 18.1. The molecular formula is C20H18F2N4O2. The van der Waals surface area contributed by atoms with Crippen molar-refractivity contribution in [3.63, 3.8) is 0 Å². The van der Waals surface area contributed by atoms with E-state index in [9.17, 15) is 13.6 Å². The first-order valence-corrected chi connectivity index (χ1v) is 8.94. The van der Waals surface area contributed by atoms with Gasteiger partial charge in [-0.05, 0) is 38.0 Å². The third-order valence-electron chi connectivity index (χ3n) is 4.69. The van der Waals surface area contributed by atoms with E-state index in [0.29, 0.717) is 24.7 Å². The maximum absolute atomic E-state index is 13.8. The van der Waals surface area contributed by atoms with E-state index < -0.39 is 23.7 Å². The average molecular weight is 384 g/mol. The minimum atomic E-state index is -0.830. The summed E-state index contributed by atoms with van der Waals surface area (Å²) in [6, 6.07) is 9.84. The van der Waals surface area contributed by atoms with Crippen LogP contribution in [0.3, 0.4) is 0 Å². The molecule has 3 aromatic rings. The van der Waals surface area contributed by atoms with Crippen LogP contribution in [0.2, 0.25) is 0 Å². The van der Waals surface area contributed by atoms with Gasteiger partial charge in [-0.15, -0.1) is 0 Å². The number of amides is 2. The molecule has 0 saturated carbocycles. The Hall–Kier alpha value is -3.29. The molecule has 1 N–H and O–H groups in total. The molecule has 2 heterocycles. The van der Waals surface area contributed by atoms with Gasteiger partial charge >= 0.3 is 6.03 Å². The Labute approximate surface area is 160 Å². The van der Waals surface area contributed by atoms with Crippen LogP contribution in [-0.2, 0) is 0 Å². The summed E-state index contributed by atoms with van der Waals surface area (Å²) in [5.74, 6) is -0.744. The number of anilines is 1. The molecule has 0 aliphatic carbocycles. The predicted octanol–water partition coefficient (Wildman–Crippen LogP) is 4.69. The van der Waals surface area contributed by atoms with Gasteiger partial charge in [0.1, 0.15) is 17.7 Å². The highest BCUT2D eigenvalue weighted by molar-refractivity contribution is 5.89. The average Bonchev–Trinajstić information content (AvgIpc) is 3.33. The van der Waals surface area contributed by atoms with Crippen LogP contribution in [-0.4, -0.2) is 27.6 Å². The standard InChI is InChI=1S/C20H18F2N4O2/c1-12-4-2-5-13(10-12)18-24-19(28-25-18)17-6-3-9-26(17)20(27)23-16-8-7-14(21)11-15(16)22/h2,4-5,7-8,10-11,17H,3,6,9H2,1H3,(H,23,27)/t17-/m1/s1. The van der Waals surface area contributed by atoms with Gasteiger partial charge in [0.2, 0.25) is 11.7 Å². The molecule has 0 unspecified atom stereocenters. The van der Waals surface area contributed by atoms with E-state index in [4.69, 9.17) is 4.52 Å². The zero-order valence-corrected chi connectivity index (χ0v) is 15.2. The van der Waals surface area contributed by atoms with Crippen molar-refractivity contribution in [1.29, 1.82) is 0 Å². The number of hydrogen-bond acceptors (Lipinski definition) is 4. The van der Waals surface area contributed by atoms with Crippen LogP contribution in [0.1, 0.15) is 30.3 Å². The Balaban J connectivity index is 1.53. The zero-order valence-electron chi connectivity index (χ0n) is 15.2. The number of hydrogen-bond donors (Lipinski definition) is 1. The van der Waals surface area contributed by atoms with Gasteiger partial charge in [-0.1, -0.05) is 28.9 Å². The fraction of sp³-hybridized carbons (Fsp3) is 0.250. The molecule has 4 rings (SSSR count). The molecule has 8 heteroatoms. The minimum Gasteiger partial charge on any atom is -0.337 e. The summed E-state index contributed by atoms with van der Waals surface area (Å²) < 4.78 is 32.3. The molecule has 0 radical (unpaired) electrons. The number of carbonyl (C=O) groups excluding carboxylic acids is 1. The molecule has 2 aromatic carbocycles. The number of aryl methyl sites for hydroxylation is 1. The number of likely N-dealkylation sites (tertiary alicyclic amines) is 1. The number of aromatic nitrogens is 2. The number of halogens is 2. The lowest BCUT2D eigenvalue weighted by atomic mass is 10.1. The second kappa shape index (κ2) is 7.38. The van der Waals surface area contributed by atoms with Crippen molar-refractivity contribution in [2.24, 2.45) is 0 Å². The van der Waals surface area contributed by atoms with Gasteiger partial charge in [-0.3, -0.25) is 0 Å². The first-order chi connectivity index (χ1) is 13.5. The summed E-state index contributed by atoms with van der Waals surface area (Å²) in [6.07, 6.45) is 1.42. The van der Waals surface area contributed by atoms with Crippen LogP contribution < -0.4 is 5.32 Å². The Morgan fingerprint density at radius 3 is 2.89 bits per heavy atom. The number of nitrogens with zero attached hydrogens (tertiary/aromatic N) is 3. The van der Waals surface area contributed by atoms with E-state index in [2.05, 4.69) is 15.5 Å². The van der Waals surface area contributed by atoms with Crippen molar-refractivity contribution < 1.29 is 18.1 Å². The maximum atomic E-state index is 13.8. The van der Waals surface area contributed by atoms with Gasteiger partial charge in [0.25, 0.3) is 0 Å². The summed E-state index contributed by atoms with van der Waals surface area (Å²) in [6.45, 7) is 2.45. The molecule has 1 fully saturated rings. The van der Waals surface area contributed by atoms with Crippen LogP contribution >= 0.6 is 0 Å². The lowest BCUT2D eigenvalue weighted by molar-refractivity contribution is 0.193. The van der Waals surface area contributed by atoms with Crippen LogP contribution in [0.5, 0.6) is 0 Å². The summed E-state index contributed by atoms with van der Waals surface area (Å²) in [5, 5.41) is 6.51. The highest BCUT2D eigenvalue weighted by Gasteiger charge is 2.34. The molecular weight excluding hydrogens is 366 g/mol. The summed E-state index contributed by atoms with van der Waals surface area (Å²) in [7, 11) is 0. The third kappa shape index (κ3) is 3.58. The van der Waals surface area contributed by atoms with Crippen molar-refractivity contribution in [3.05, 3.63) is 65.6 Å². The second-order valence-electron chi connectivity index (χ2n) is 6.73. The number of benzene rings is 2. The van der Waals surface area contributed by atoms with E-state index in [1.807, 2.05) is 31.2 Å². The lowest BCUT2D eigenvalue weighted by Crippen LogP contribution is -2.34. The highest BCUT2D eigenvalue weighted by atomic mass is 19.1. The van der Waals surface area contributed by atoms with Gasteiger partial charge in [-0.25, -0.2) is 13.6 Å². The molecule has 1 atom stereocenters. The predicted molar refractivity (Wildman–Crippen MR) is 98.5 cm³/mol. The van der Waals surface area contributed by atoms with Crippen LogP contribution in [0.15, 0.2) is 47.0 Å². The molecule has 1 aromatic heterocycles. The topological polar surface area (TPSA) is 71.3 Å². The normalized spacial score (nSPS) is 16.4. The Bertz CT molecular complexity index is 1020. The largest absolute Gasteiger partial charge is 0.337 e. The molecule has 6 nitrogen and oxygen atoms in total. The third-order valence-corrected chi connectivity index (χ3v) is 4.69. The summed E-state index contributed by atoms with van der Waals surface area (Å²) in [5.41, 5.74) is 1.83. The molecule has 0 bridgehead atoms. The van der Waals surface area contributed by atoms with E-state index in [0.717, 1.165) is 29.7 Å². The van der Waals surface area contributed by atoms with E-state index in [-0.39, 0.29) is 5.69 Å². The number of nitrogens with one attached hydrogen (secondary N) is 1. The molecule has 144 valence electrons. The molecule has 1 aliphatic rings.